The van der Waals surface area contributed by atoms with Gasteiger partial charge in [-0.1, -0.05) is 34.9 Å². The first kappa shape index (κ1) is 15.3. The molecule has 4 saturated carbocycles. The minimum Gasteiger partial charge on any atom is -0.350 e. The zero-order chi connectivity index (χ0) is 15.2. The Morgan fingerprint density at radius 3 is 2.32 bits per heavy atom. The third-order valence-corrected chi connectivity index (χ3v) is 8.36. The average molecular weight is 356 g/mol. The number of nitrogens with zero attached hydrogens (tertiary/aromatic N) is 2. The molecule has 4 fully saturated rings. The first-order valence-corrected chi connectivity index (χ1v) is 11.0. The van der Waals surface area contributed by atoms with Crippen molar-refractivity contribution in [1.82, 2.24) is 15.5 Å². The van der Waals surface area contributed by atoms with Gasteiger partial charge in [0.25, 0.3) is 0 Å². The molecule has 22 heavy (non-hydrogen) atoms. The van der Waals surface area contributed by atoms with Crippen LogP contribution < -0.4 is 5.32 Å². The highest BCUT2D eigenvalue weighted by Gasteiger charge is 2.51. The van der Waals surface area contributed by atoms with Crippen LogP contribution in [0.25, 0.3) is 0 Å². The van der Waals surface area contributed by atoms with Crippen molar-refractivity contribution in [3.63, 3.8) is 0 Å². The van der Waals surface area contributed by atoms with Crippen molar-refractivity contribution in [3.05, 3.63) is 0 Å². The highest BCUT2D eigenvalue weighted by atomic mass is 32.2. The van der Waals surface area contributed by atoms with Crippen LogP contribution in [-0.2, 0) is 4.79 Å². The SMILES string of the molecule is CSc1nnc(SCC(=O)NC23CC4CC(CC(C4)C2)C3)s1. The Morgan fingerprint density at radius 1 is 1.18 bits per heavy atom. The molecule has 0 saturated heterocycles. The van der Waals surface area contributed by atoms with Gasteiger partial charge >= 0.3 is 0 Å². The molecule has 0 unspecified atom stereocenters. The maximum Gasteiger partial charge on any atom is 0.230 e. The number of rotatable bonds is 5. The second-order valence-electron chi connectivity index (χ2n) is 7.07. The molecule has 0 aromatic carbocycles. The molecule has 4 nitrogen and oxygen atoms in total. The van der Waals surface area contributed by atoms with E-state index in [4.69, 9.17) is 0 Å². The van der Waals surface area contributed by atoms with Gasteiger partial charge < -0.3 is 5.32 Å². The van der Waals surface area contributed by atoms with E-state index < -0.39 is 0 Å². The van der Waals surface area contributed by atoms with Gasteiger partial charge in [0, 0.05) is 5.54 Å². The van der Waals surface area contributed by atoms with E-state index in [2.05, 4.69) is 15.5 Å². The third-order valence-electron chi connectivity index (χ3n) is 5.33. The Bertz CT molecular complexity index is 539. The van der Waals surface area contributed by atoms with Gasteiger partial charge in [-0.25, -0.2) is 0 Å². The number of thioether (sulfide) groups is 2. The summed E-state index contributed by atoms with van der Waals surface area (Å²) in [6.07, 6.45) is 9.86. The lowest BCUT2D eigenvalue weighted by Gasteiger charge is -2.56. The van der Waals surface area contributed by atoms with Crippen molar-refractivity contribution in [2.24, 2.45) is 17.8 Å². The number of hydrogen-bond donors (Lipinski definition) is 1. The molecule has 120 valence electrons. The fourth-order valence-corrected chi connectivity index (χ4v) is 7.30. The number of nitrogens with one attached hydrogen (secondary N) is 1. The zero-order valence-electron chi connectivity index (χ0n) is 12.7. The van der Waals surface area contributed by atoms with Gasteiger partial charge in [0.1, 0.15) is 0 Å². The molecule has 0 atom stereocenters. The lowest BCUT2D eigenvalue weighted by Crippen LogP contribution is -2.60. The number of carbonyl (C=O) groups is 1. The molecular formula is C15H21N3OS3. The molecule has 0 spiro atoms. The van der Waals surface area contributed by atoms with E-state index >= 15 is 0 Å². The fourth-order valence-electron chi connectivity index (χ4n) is 5.06. The molecule has 7 heteroatoms. The largest absolute Gasteiger partial charge is 0.350 e. The van der Waals surface area contributed by atoms with Crippen molar-refractivity contribution in [1.29, 1.82) is 0 Å². The summed E-state index contributed by atoms with van der Waals surface area (Å²) in [5, 5.41) is 11.6. The smallest absolute Gasteiger partial charge is 0.230 e. The van der Waals surface area contributed by atoms with Gasteiger partial charge in [-0.05, 0) is 62.5 Å². The summed E-state index contributed by atoms with van der Waals surface area (Å²) in [5.41, 5.74) is 0.123. The van der Waals surface area contributed by atoms with E-state index in [1.165, 1.54) is 50.3 Å². The van der Waals surface area contributed by atoms with E-state index in [9.17, 15) is 4.79 Å². The van der Waals surface area contributed by atoms with E-state index in [0.29, 0.717) is 5.75 Å². The molecule has 0 aliphatic heterocycles. The molecule has 1 aromatic heterocycles. The first-order chi connectivity index (χ1) is 10.6. The Hall–Kier alpha value is -0.270. The number of aromatic nitrogens is 2. The van der Waals surface area contributed by atoms with E-state index in [1.807, 2.05) is 6.26 Å². The van der Waals surface area contributed by atoms with E-state index in [1.54, 1.807) is 23.1 Å². The lowest BCUT2D eigenvalue weighted by molar-refractivity contribution is -0.124. The Kier molecular flexibility index (Phi) is 4.15. The molecular weight excluding hydrogens is 334 g/mol. The van der Waals surface area contributed by atoms with Crippen molar-refractivity contribution < 1.29 is 4.79 Å². The Labute approximate surface area is 143 Å². The maximum atomic E-state index is 12.4. The summed E-state index contributed by atoms with van der Waals surface area (Å²) < 4.78 is 1.86. The van der Waals surface area contributed by atoms with Crippen LogP contribution in [0.5, 0.6) is 0 Å². The molecule has 1 aromatic rings. The van der Waals surface area contributed by atoms with Gasteiger partial charge in [0.2, 0.25) is 5.91 Å². The van der Waals surface area contributed by atoms with E-state index in [-0.39, 0.29) is 11.4 Å². The monoisotopic (exact) mass is 355 g/mol. The number of hydrogen-bond acceptors (Lipinski definition) is 6. The van der Waals surface area contributed by atoms with Crippen molar-refractivity contribution >= 4 is 40.8 Å². The van der Waals surface area contributed by atoms with Crippen molar-refractivity contribution in [2.75, 3.05) is 12.0 Å². The second-order valence-corrected chi connectivity index (χ2v) is 10.3. The molecule has 0 radical (unpaired) electrons. The Morgan fingerprint density at radius 2 is 1.77 bits per heavy atom. The summed E-state index contributed by atoms with van der Waals surface area (Å²) in [7, 11) is 0. The van der Waals surface area contributed by atoms with E-state index in [0.717, 1.165) is 26.4 Å². The predicted octanol–water partition coefficient (Wildman–Crippen LogP) is 3.44. The van der Waals surface area contributed by atoms with Gasteiger partial charge in [-0.3, -0.25) is 4.79 Å². The molecule has 1 amide bonds. The van der Waals surface area contributed by atoms with Crippen LogP contribution in [0.1, 0.15) is 38.5 Å². The summed E-state index contributed by atoms with van der Waals surface area (Å²) >= 11 is 4.68. The topological polar surface area (TPSA) is 54.9 Å². The molecule has 1 heterocycles. The van der Waals surface area contributed by atoms with Gasteiger partial charge in [-0.2, -0.15) is 0 Å². The zero-order valence-corrected chi connectivity index (χ0v) is 15.2. The Balaban J connectivity index is 1.34. The second kappa shape index (κ2) is 5.98. The van der Waals surface area contributed by atoms with Crippen LogP contribution in [-0.4, -0.2) is 33.7 Å². The van der Waals surface area contributed by atoms with Crippen LogP contribution in [0, 0.1) is 17.8 Å². The fraction of sp³-hybridized carbons (Fsp3) is 0.800. The molecule has 1 N–H and O–H groups in total. The molecule has 5 rings (SSSR count). The van der Waals surface area contributed by atoms with Gasteiger partial charge in [-0.15, -0.1) is 10.2 Å². The lowest BCUT2D eigenvalue weighted by atomic mass is 9.53. The summed E-state index contributed by atoms with van der Waals surface area (Å²) in [6, 6.07) is 0. The quantitative estimate of drug-likeness (QED) is 0.820. The summed E-state index contributed by atoms with van der Waals surface area (Å²) in [6.45, 7) is 0. The van der Waals surface area contributed by atoms with Crippen LogP contribution in [0.3, 0.4) is 0 Å². The first-order valence-electron chi connectivity index (χ1n) is 7.95. The van der Waals surface area contributed by atoms with Gasteiger partial charge in [0.15, 0.2) is 8.68 Å². The standard InChI is InChI=1S/C15H21N3OS3/c1-20-13-17-18-14(22-13)21-8-12(19)16-15-5-9-2-10(6-15)4-11(3-9)7-15/h9-11H,2-8H2,1H3,(H,16,19). The van der Waals surface area contributed by atoms with Crippen molar-refractivity contribution in [2.45, 2.75) is 52.7 Å². The average Bonchev–Trinajstić information content (AvgIpc) is 2.91. The predicted molar refractivity (Wildman–Crippen MR) is 91.5 cm³/mol. The molecule has 4 aliphatic carbocycles. The van der Waals surface area contributed by atoms with Crippen molar-refractivity contribution in [3.8, 4) is 0 Å². The van der Waals surface area contributed by atoms with Gasteiger partial charge in [0.05, 0.1) is 5.75 Å². The third kappa shape index (κ3) is 3.04. The minimum absolute atomic E-state index is 0.123. The minimum atomic E-state index is 0.123. The van der Waals surface area contributed by atoms with Crippen LogP contribution >= 0.6 is 34.9 Å². The summed E-state index contributed by atoms with van der Waals surface area (Å²) in [4.78, 5) is 12.4. The molecule has 4 bridgehead atoms. The number of amides is 1. The normalized spacial score (nSPS) is 35.8. The maximum absolute atomic E-state index is 12.4. The molecule has 4 aliphatic rings. The van der Waals surface area contributed by atoms with Crippen LogP contribution in [0.4, 0.5) is 0 Å². The highest BCUT2D eigenvalue weighted by molar-refractivity contribution is 8.03. The summed E-state index contributed by atoms with van der Waals surface area (Å²) in [5.74, 6) is 3.24. The highest BCUT2D eigenvalue weighted by Crippen LogP contribution is 2.55. The van der Waals surface area contributed by atoms with Crippen LogP contribution in [0.15, 0.2) is 8.68 Å². The number of carbonyl (C=O) groups excluding carboxylic acids is 1. The van der Waals surface area contributed by atoms with Crippen LogP contribution in [0.2, 0.25) is 0 Å².